The second kappa shape index (κ2) is 5.88. The van der Waals surface area contributed by atoms with E-state index in [9.17, 15) is 0 Å². The zero-order valence-corrected chi connectivity index (χ0v) is 12.7. The van der Waals surface area contributed by atoms with E-state index in [-0.39, 0.29) is 0 Å². The fourth-order valence-corrected chi connectivity index (χ4v) is 2.59. The molecule has 0 radical (unpaired) electrons. The van der Waals surface area contributed by atoms with E-state index in [2.05, 4.69) is 18.9 Å². The second-order valence-corrected chi connectivity index (χ2v) is 6.00. The molecule has 1 aliphatic carbocycles. The van der Waals surface area contributed by atoms with Crippen LogP contribution in [0.5, 0.6) is 5.75 Å². The van der Waals surface area contributed by atoms with Crippen molar-refractivity contribution in [3.05, 3.63) is 29.3 Å². The maximum Gasteiger partial charge on any atom is 0.123 e. The van der Waals surface area contributed by atoms with Gasteiger partial charge in [0.25, 0.3) is 0 Å². The van der Waals surface area contributed by atoms with Crippen LogP contribution in [0.25, 0.3) is 0 Å². The van der Waals surface area contributed by atoms with Gasteiger partial charge in [-0.1, -0.05) is 19.1 Å². The minimum Gasteiger partial charge on any atom is -0.496 e. The topological polar surface area (TPSA) is 38.5 Å². The summed E-state index contributed by atoms with van der Waals surface area (Å²) in [6.07, 6.45) is 1.36. The molecule has 1 aromatic carbocycles. The molecule has 1 fully saturated rings. The lowest BCUT2D eigenvalue weighted by atomic mass is 10.1. The molecule has 1 aliphatic rings. The summed E-state index contributed by atoms with van der Waals surface area (Å²) in [7, 11) is 3.85. The molecule has 0 aliphatic heterocycles. The van der Waals surface area contributed by atoms with Gasteiger partial charge < -0.3 is 15.4 Å². The molecule has 0 bridgehead atoms. The van der Waals surface area contributed by atoms with Gasteiger partial charge in [0, 0.05) is 24.2 Å². The Hall–Kier alpha value is -1.13. The summed E-state index contributed by atoms with van der Waals surface area (Å²) < 4.78 is 5.41. The third-order valence-corrected chi connectivity index (χ3v) is 4.06. The van der Waals surface area contributed by atoms with Crippen LogP contribution in [-0.2, 0) is 6.54 Å². The molecule has 2 N–H and O–H groups in total. The Morgan fingerprint density at radius 2 is 2.21 bits per heavy atom. The van der Waals surface area contributed by atoms with Crippen molar-refractivity contribution in [1.29, 1.82) is 0 Å². The van der Waals surface area contributed by atoms with Gasteiger partial charge in [0.2, 0.25) is 0 Å². The van der Waals surface area contributed by atoms with Gasteiger partial charge in [-0.15, -0.1) is 0 Å². The Balaban J connectivity index is 2.08. The summed E-state index contributed by atoms with van der Waals surface area (Å²) in [5.41, 5.74) is 7.73. The van der Waals surface area contributed by atoms with Crippen LogP contribution in [0.1, 0.15) is 24.5 Å². The lowest BCUT2D eigenvalue weighted by molar-refractivity contribution is 0.300. The van der Waals surface area contributed by atoms with Crippen molar-refractivity contribution < 1.29 is 4.74 Å². The monoisotopic (exact) mass is 278 g/mol. The average molecular weight is 278 g/mol. The lowest BCUT2D eigenvalue weighted by Crippen LogP contribution is -2.21. The number of ether oxygens (including phenoxy) is 1. The van der Waals surface area contributed by atoms with Crippen LogP contribution in [0, 0.1) is 11.8 Å². The van der Waals surface area contributed by atoms with E-state index in [1.807, 2.05) is 18.2 Å². The number of rotatable bonds is 6. The molecule has 2 atom stereocenters. The first kappa shape index (κ1) is 14.3. The Labute approximate surface area is 120 Å². The molecule has 19 heavy (non-hydrogen) atoms. The van der Waals surface area contributed by atoms with Gasteiger partial charge in [-0.3, -0.25) is 0 Å². The van der Waals surface area contributed by atoms with Gasteiger partial charge in [-0.25, -0.2) is 0 Å². The van der Waals surface area contributed by atoms with Gasteiger partial charge in [0.15, 0.2) is 0 Å². The normalized spacial score (nSPS) is 21.5. The fourth-order valence-electron chi connectivity index (χ4n) is 2.46. The smallest absolute Gasteiger partial charge is 0.123 e. The highest BCUT2D eigenvalue weighted by molar-refractivity contribution is 7.80. The maximum absolute atomic E-state index is 5.69. The van der Waals surface area contributed by atoms with E-state index in [0.717, 1.165) is 41.8 Å². The van der Waals surface area contributed by atoms with Crippen LogP contribution in [0.4, 0.5) is 0 Å². The zero-order valence-electron chi connectivity index (χ0n) is 11.8. The van der Waals surface area contributed by atoms with E-state index in [1.165, 1.54) is 6.42 Å². The Kier molecular flexibility index (Phi) is 4.42. The number of nitrogens with two attached hydrogens (primary N) is 1. The van der Waals surface area contributed by atoms with Crippen LogP contribution in [0.3, 0.4) is 0 Å². The van der Waals surface area contributed by atoms with Crippen molar-refractivity contribution in [3.63, 3.8) is 0 Å². The van der Waals surface area contributed by atoms with Crippen molar-refractivity contribution in [1.82, 2.24) is 4.90 Å². The molecule has 2 rings (SSSR count). The van der Waals surface area contributed by atoms with Crippen molar-refractivity contribution in [2.24, 2.45) is 17.6 Å². The summed E-state index contributed by atoms with van der Waals surface area (Å²) in [5.74, 6) is 2.64. The largest absolute Gasteiger partial charge is 0.496 e. The Morgan fingerprint density at radius 3 is 2.74 bits per heavy atom. The molecule has 2 unspecified atom stereocenters. The number of methoxy groups -OCH3 is 1. The Bertz CT molecular complexity index is 475. The van der Waals surface area contributed by atoms with E-state index in [4.69, 9.17) is 22.7 Å². The fraction of sp³-hybridized carbons (Fsp3) is 0.533. The first-order chi connectivity index (χ1) is 9.01. The summed E-state index contributed by atoms with van der Waals surface area (Å²) in [5, 5.41) is 0. The summed E-state index contributed by atoms with van der Waals surface area (Å²) in [4.78, 5) is 2.78. The summed E-state index contributed by atoms with van der Waals surface area (Å²) in [6, 6.07) is 5.89. The number of hydrogen-bond acceptors (Lipinski definition) is 3. The number of thiocarbonyl (C=S) groups is 1. The van der Waals surface area contributed by atoms with Gasteiger partial charge in [-0.2, -0.15) is 0 Å². The zero-order chi connectivity index (χ0) is 14.0. The molecule has 0 amide bonds. The minimum atomic E-state index is 0.433. The van der Waals surface area contributed by atoms with Crippen LogP contribution >= 0.6 is 12.2 Å². The van der Waals surface area contributed by atoms with Crippen molar-refractivity contribution >= 4 is 17.2 Å². The van der Waals surface area contributed by atoms with E-state index in [1.54, 1.807) is 7.11 Å². The van der Waals surface area contributed by atoms with Crippen molar-refractivity contribution in [3.8, 4) is 5.75 Å². The van der Waals surface area contributed by atoms with Crippen LogP contribution < -0.4 is 10.5 Å². The number of hydrogen-bond donors (Lipinski definition) is 1. The van der Waals surface area contributed by atoms with Gasteiger partial charge in [-0.05, 0) is 43.5 Å². The molecule has 3 nitrogen and oxygen atoms in total. The van der Waals surface area contributed by atoms with Crippen LogP contribution in [-0.4, -0.2) is 30.6 Å². The molecule has 4 heteroatoms. The summed E-state index contributed by atoms with van der Waals surface area (Å²) >= 11 is 5.03. The maximum atomic E-state index is 5.69. The quantitative estimate of drug-likeness (QED) is 0.811. The predicted molar refractivity (Wildman–Crippen MR) is 82.5 cm³/mol. The molecule has 0 saturated heterocycles. The molecular weight excluding hydrogens is 256 g/mol. The predicted octanol–water partition coefficient (Wildman–Crippen LogP) is 2.42. The van der Waals surface area contributed by atoms with Gasteiger partial charge in [0.1, 0.15) is 10.7 Å². The molecule has 1 saturated carbocycles. The number of benzene rings is 1. The standard InChI is InChI=1S/C15H22N2OS/c1-10-6-12(10)8-17(2)9-13-7-11(15(16)19)4-5-14(13)18-3/h4-5,7,10,12H,6,8-9H2,1-3H3,(H2,16,19). The Morgan fingerprint density at radius 1 is 1.53 bits per heavy atom. The lowest BCUT2D eigenvalue weighted by Gasteiger charge is -2.19. The molecule has 0 spiro atoms. The first-order valence-corrected chi connectivity index (χ1v) is 7.07. The SMILES string of the molecule is COc1ccc(C(N)=S)cc1CN(C)CC1CC1C. The van der Waals surface area contributed by atoms with Gasteiger partial charge >= 0.3 is 0 Å². The van der Waals surface area contributed by atoms with E-state index >= 15 is 0 Å². The molecule has 104 valence electrons. The third-order valence-electron chi connectivity index (χ3n) is 3.83. The van der Waals surface area contributed by atoms with Crippen molar-refractivity contribution in [2.75, 3.05) is 20.7 Å². The molecule has 0 aromatic heterocycles. The minimum absolute atomic E-state index is 0.433. The molecule has 1 aromatic rings. The number of nitrogens with zero attached hydrogens (tertiary/aromatic N) is 1. The highest BCUT2D eigenvalue weighted by Crippen LogP contribution is 2.38. The average Bonchev–Trinajstić information content (AvgIpc) is 3.04. The van der Waals surface area contributed by atoms with Crippen LogP contribution in [0.2, 0.25) is 0 Å². The first-order valence-electron chi connectivity index (χ1n) is 6.66. The van der Waals surface area contributed by atoms with Crippen LogP contribution in [0.15, 0.2) is 18.2 Å². The van der Waals surface area contributed by atoms with Gasteiger partial charge in [0.05, 0.1) is 7.11 Å². The highest BCUT2D eigenvalue weighted by Gasteiger charge is 2.33. The van der Waals surface area contributed by atoms with Crippen molar-refractivity contribution in [2.45, 2.75) is 19.9 Å². The third kappa shape index (κ3) is 3.67. The highest BCUT2D eigenvalue weighted by atomic mass is 32.1. The molecular formula is C15H22N2OS. The molecule has 0 heterocycles. The van der Waals surface area contributed by atoms with E-state index in [0.29, 0.717) is 4.99 Å². The summed E-state index contributed by atoms with van der Waals surface area (Å²) in [6.45, 7) is 4.32. The second-order valence-electron chi connectivity index (χ2n) is 5.56. The van der Waals surface area contributed by atoms with E-state index < -0.39 is 0 Å².